The lowest BCUT2D eigenvalue weighted by Crippen LogP contribution is -2.01. The molecule has 0 radical (unpaired) electrons. The summed E-state index contributed by atoms with van der Waals surface area (Å²) in [5, 5.41) is 11.0. The van der Waals surface area contributed by atoms with Crippen LogP contribution in [0.3, 0.4) is 0 Å². The van der Waals surface area contributed by atoms with Crippen LogP contribution in [-0.4, -0.2) is 14.6 Å². The Balaban J connectivity index is 2.30. The topological polar surface area (TPSA) is 56.2 Å². The minimum absolute atomic E-state index is 0.454. The highest BCUT2D eigenvalue weighted by atomic mass is 35.5. The lowest BCUT2D eigenvalue weighted by Gasteiger charge is -2.02. The maximum atomic E-state index is 6.17. The van der Waals surface area contributed by atoms with Crippen LogP contribution >= 0.6 is 22.9 Å². The molecule has 17 heavy (non-hydrogen) atoms. The first kappa shape index (κ1) is 10.7. The van der Waals surface area contributed by atoms with Gasteiger partial charge < -0.3 is 5.73 Å². The summed E-state index contributed by atoms with van der Waals surface area (Å²) in [6.07, 6.45) is 0. The third-order valence-corrected chi connectivity index (χ3v) is 3.74. The van der Waals surface area contributed by atoms with Crippen LogP contribution in [0.5, 0.6) is 0 Å². The molecule has 0 fully saturated rings. The molecule has 3 rings (SSSR count). The van der Waals surface area contributed by atoms with Crippen LogP contribution in [0.1, 0.15) is 5.69 Å². The molecule has 0 unspecified atom stereocenters. The molecular formula is C11H9ClN4S. The van der Waals surface area contributed by atoms with E-state index in [1.54, 1.807) is 0 Å². The van der Waals surface area contributed by atoms with E-state index in [4.69, 9.17) is 17.3 Å². The van der Waals surface area contributed by atoms with Crippen LogP contribution in [-0.2, 0) is 6.54 Å². The molecule has 6 heteroatoms. The Morgan fingerprint density at radius 2 is 2.12 bits per heavy atom. The fraction of sp³-hybridized carbons (Fsp3) is 0.0909. The summed E-state index contributed by atoms with van der Waals surface area (Å²) in [6, 6.07) is 7.58. The summed E-state index contributed by atoms with van der Waals surface area (Å²) in [5.74, 6) is 0.743. The number of hydrogen-bond acceptors (Lipinski definition) is 4. The van der Waals surface area contributed by atoms with Crippen molar-refractivity contribution in [2.24, 2.45) is 5.73 Å². The number of halogens is 1. The van der Waals surface area contributed by atoms with Gasteiger partial charge in [0.25, 0.3) is 0 Å². The van der Waals surface area contributed by atoms with Gasteiger partial charge in [0, 0.05) is 17.5 Å². The molecule has 0 amide bonds. The number of nitrogens with zero attached hydrogens (tertiary/aromatic N) is 3. The predicted molar refractivity (Wildman–Crippen MR) is 69.2 cm³/mol. The van der Waals surface area contributed by atoms with Gasteiger partial charge in [-0.2, -0.15) is 0 Å². The molecule has 0 atom stereocenters. The molecule has 0 saturated carbocycles. The molecular weight excluding hydrogens is 256 g/mol. The second-order valence-electron chi connectivity index (χ2n) is 3.55. The lowest BCUT2D eigenvalue weighted by atomic mass is 10.2. The second kappa shape index (κ2) is 4.10. The molecule has 3 aromatic rings. The van der Waals surface area contributed by atoms with Crippen molar-refractivity contribution < 1.29 is 0 Å². The Bertz CT molecular complexity index is 673. The van der Waals surface area contributed by atoms with E-state index >= 15 is 0 Å². The molecule has 0 spiro atoms. The normalized spacial score (nSPS) is 11.2. The van der Waals surface area contributed by atoms with Crippen molar-refractivity contribution in [3.05, 3.63) is 40.4 Å². The zero-order valence-electron chi connectivity index (χ0n) is 8.80. The van der Waals surface area contributed by atoms with Gasteiger partial charge in [-0.3, -0.25) is 4.40 Å². The van der Waals surface area contributed by atoms with Crippen LogP contribution < -0.4 is 5.73 Å². The van der Waals surface area contributed by atoms with E-state index in [0.717, 1.165) is 22.0 Å². The standard InChI is InChI=1S/C11H9ClN4S/c12-9-4-2-1-3-8(9)10-14-15-11-16(10)7(5-13)6-17-11/h1-4,6H,5,13H2. The Morgan fingerprint density at radius 1 is 1.29 bits per heavy atom. The van der Waals surface area contributed by atoms with Crippen molar-refractivity contribution >= 4 is 27.9 Å². The Kier molecular flexibility index (Phi) is 2.58. The average Bonchev–Trinajstić information content (AvgIpc) is 2.91. The molecule has 4 nitrogen and oxygen atoms in total. The third-order valence-electron chi connectivity index (χ3n) is 2.54. The Morgan fingerprint density at radius 3 is 2.88 bits per heavy atom. The molecule has 86 valence electrons. The number of benzene rings is 1. The number of hydrogen-bond donors (Lipinski definition) is 1. The quantitative estimate of drug-likeness (QED) is 0.774. The van der Waals surface area contributed by atoms with Crippen molar-refractivity contribution in [2.75, 3.05) is 0 Å². The van der Waals surface area contributed by atoms with Gasteiger partial charge in [-0.25, -0.2) is 0 Å². The summed E-state index contributed by atoms with van der Waals surface area (Å²) in [7, 11) is 0. The van der Waals surface area contributed by atoms with Crippen LogP contribution in [0.25, 0.3) is 16.3 Å². The molecule has 0 aliphatic carbocycles. The van der Waals surface area contributed by atoms with E-state index in [1.807, 2.05) is 34.0 Å². The summed E-state index contributed by atoms with van der Waals surface area (Å²) < 4.78 is 1.95. The highest BCUT2D eigenvalue weighted by Gasteiger charge is 2.14. The molecule has 0 saturated heterocycles. The van der Waals surface area contributed by atoms with Crippen LogP contribution in [0.2, 0.25) is 5.02 Å². The van der Waals surface area contributed by atoms with E-state index in [1.165, 1.54) is 11.3 Å². The first-order valence-electron chi connectivity index (χ1n) is 5.07. The SMILES string of the molecule is NCc1csc2nnc(-c3ccccc3Cl)n12. The summed E-state index contributed by atoms with van der Waals surface area (Å²) in [5.41, 5.74) is 7.56. The van der Waals surface area contributed by atoms with Crippen LogP contribution in [0.15, 0.2) is 29.6 Å². The van der Waals surface area contributed by atoms with E-state index in [9.17, 15) is 0 Å². The molecule has 1 aromatic carbocycles. The number of fused-ring (bicyclic) bond motifs is 1. The number of thiazole rings is 1. The zero-order valence-corrected chi connectivity index (χ0v) is 10.4. The van der Waals surface area contributed by atoms with Gasteiger partial charge in [-0.05, 0) is 12.1 Å². The summed E-state index contributed by atoms with van der Waals surface area (Å²) in [6.45, 7) is 0.454. The van der Waals surface area contributed by atoms with E-state index in [0.29, 0.717) is 11.6 Å². The average molecular weight is 265 g/mol. The molecule has 0 aliphatic rings. The maximum Gasteiger partial charge on any atom is 0.216 e. The smallest absolute Gasteiger partial charge is 0.216 e. The van der Waals surface area contributed by atoms with Crippen molar-refractivity contribution in [1.82, 2.24) is 14.6 Å². The Labute approximate surface area is 107 Å². The predicted octanol–water partition coefficient (Wildman–Crippen LogP) is 2.57. The first-order chi connectivity index (χ1) is 8.31. The van der Waals surface area contributed by atoms with Gasteiger partial charge in [0.2, 0.25) is 4.96 Å². The van der Waals surface area contributed by atoms with E-state index < -0.39 is 0 Å². The molecule has 0 bridgehead atoms. The lowest BCUT2D eigenvalue weighted by molar-refractivity contribution is 0.962. The minimum atomic E-state index is 0.454. The first-order valence-corrected chi connectivity index (χ1v) is 6.33. The van der Waals surface area contributed by atoms with Gasteiger partial charge in [0.15, 0.2) is 5.82 Å². The van der Waals surface area contributed by atoms with Crippen LogP contribution in [0, 0.1) is 0 Å². The number of nitrogens with two attached hydrogens (primary N) is 1. The highest BCUT2D eigenvalue weighted by Crippen LogP contribution is 2.28. The molecule has 2 N–H and O–H groups in total. The maximum absolute atomic E-state index is 6.17. The van der Waals surface area contributed by atoms with Crippen molar-refractivity contribution in [1.29, 1.82) is 0 Å². The summed E-state index contributed by atoms with van der Waals surface area (Å²) in [4.78, 5) is 0.834. The van der Waals surface area contributed by atoms with Gasteiger partial charge in [0.1, 0.15) is 0 Å². The van der Waals surface area contributed by atoms with Gasteiger partial charge in [0.05, 0.1) is 10.7 Å². The van der Waals surface area contributed by atoms with Gasteiger partial charge in [-0.15, -0.1) is 21.5 Å². The minimum Gasteiger partial charge on any atom is -0.325 e. The van der Waals surface area contributed by atoms with Gasteiger partial charge >= 0.3 is 0 Å². The highest BCUT2D eigenvalue weighted by molar-refractivity contribution is 7.15. The fourth-order valence-electron chi connectivity index (χ4n) is 1.74. The van der Waals surface area contributed by atoms with Crippen molar-refractivity contribution in [3.8, 4) is 11.4 Å². The second-order valence-corrected chi connectivity index (χ2v) is 4.80. The molecule has 2 aromatic heterocycles. The summed E-state index contributed by atoms with van der Waals surface area (Å²) >= 11 is 7.70. The molecule has 2 heterocycles. The third kappa shape index (κ3) is 1.63. The van der Waals surface area contributed by atoms with E-state index in [2.05, 4.69) is 10.2 Å². The number of aromatic nitrogens is 3. The zero-order chi connectivity index (χ0) is 11.8. The van der Waals surface area contributed by atoms with E-state index in [-0.39, 0.29) is 0 Å². The number of rotatable bonds is 2. The monoisotopic (exact) mass is 264 g/mol. The fourth-order valence-corrected chi connectivity index (χ4v) is 2.80. The van der Waals surface area contributed by atoms with Crippen molar-refractivity contribution in [2.45, 2.75) is 6.54 Å². The molecule has 0 aliphatic heterocycles. The van der Waals surface area contributed by atoms with Gasteiger partial charge in [-0.1, -0.05) is 23.7 Å². The van der Waals surface area contributed by atoms with Crippen molar-refractivity contribution in [3.63, 3.8) is 0 Å². The van der Waals surface area contributed by atoms with Crippen LogP contribution in [0.4, 0.5) is 0 Å². The largest absolute Gasteiger partial charge is 0.325 e. The Hall–Kier alpha value is -1.43.